The fourth-order valence-electron chi connectivity index (χ4n) is 6.12. The van der Waals surface area contributed by atoms with Gasteiger partial charge >= 0.3 is 5.97 Å². The maximum atomic E-state index is 12.9. The Morgan fingerprint density at radius 3 is 2.33 bits per heavy atom. The summed E-state index contributed by atoms with van der Waals surface area (Å²) < 4.78 is 12.1. The van der Waals surface area contributed by atoms with Crippen molar-refractivity contribution in [3.05, 3.63) is 131 Å². The summed E-state index contributed by atoms with van der Waals surface area (Å²) in [4.78, 5) is 37.6. The monoisotopic (exact) mass is 520 g/mol. The van der Waals surface area contributed by atoms with Gasteiger partial charge in [0.2, 0.25) is 0 Å². The molecule has 39 heavy (non-hydrogen) atoms. The molecule has 1 aliphatic heterocycles. The smallest absolute Gasteiger partial charge is 0.343 e. The topological polar surface area (TPSA) is 69.7 Å². The van der Waals surface area contributed by atoms with Crippen molar-refractivity contribution in [2.75, 3.05) is 6.61 Å². The first-order chi connectivity index (χ1) is 18.8. The molecule has 4 atom stereocenters. The van der Waals surface area contributed by atoms with Gasteiger partial charge in [-0.1, -0.05) is 77.9 Å². The van der Waals surface area contributed by atoms with Crippen LogP contribution >= 0.6 is 0 Å². The molecule has 0 radical (unpaired) electrons. The van der Waals surface area contributed by atoms with Crippen molar-refractivity contribution in [2.24, 2.45) is 11.8 Å². The number of carbonyl (C=O) groups excluding carboxylic acids is 3. The van der Waals surface area contributed by atoms with Crippen LogP contribution in [0.5, 0.6) is 0 Å². The van der Waals surface area contributed by atoms with Gasteiger partial charge in [0.15, 0.2) is 11.6 Å². The van der Waals surface area contributed by atoms with Crippen molar-refractivity contribution in [3.63, 3.8) is 0 Å². The zero-order chi connectivity index (χ0) is 27.6. The zero-order valence-corrected chi connectivity index (χ0v) is 22.4. The molecule has 5 nitrogen and oxygen atoms in total. The van der Waals surface area contributed by atoms with Crippen LogP contribution in [0.2, 0.25) is 0 Å². The van der Waals surface area contributed by atoms with E-state index in [1.54, 1.807) is 30.3 Å². The third-order valence-electron chi connectivity index (χ3n) is 7.82. The number of ketones is 2. The summed E-state index contributed by atoms with van der Waals surface area (Å²) in [5.74, 6) is -1.02. The second-order valence-electron chi connectivity index (χ2n) is 10.5. The summed E-state index contributed by atoms with van der Waals surface area (Å²) >= 11 is 0. The number of carbonyl (C=O) groups is 3. The molecule has 0 aromatic heterocycles. The molecule has 1 saturated heterocycles. The van der Waals surface area contributed by atoms with Crippen LogP contribution in [0.3, 0.4) is 0 Å². The van der Waals surface area contributed by atoms with E-state index in [2.05, 4.69) is 32.0 Å². The lowest BCUT2D eigenvalue weighted by Crippen LogP contribution is -2.37. The van der Waals surface area contributed by atoms with E-state index in [1.165, 1.54) is 13.2 Å². The average molecular weight is 521 g/mol. The Bertz CT molecular complexity index is 1450. The molecule has 5 rings (SSSR count). The predicted molar refractivity (Wildman–Crippen MR) is 149 cm³/mol. The number of benzene rings is 3. The van der Waals surface area contributed by atoms with Crippen LogP contribution in [-0.2, 0) is 19.9 Å². The molecule has 198 valence electrons. The van der Waals surface area contributed by atoms with E-state index in [4.69, 9.17) is 9.47 Å². The number of ether oxygens (including phenoxy) is 2. The number of hydrogen-bond acceptors (Lipinski definition) is 5. The van der Waals surface area contributed by atoms with Gasteiger partial charge in [0.25, 0.3) is 0 Å². The fraction of sp³-hybridized carbons (Fsp3) is 0.265. The molecule has 1 fully saturated rings. The molecule has 3 aromatic rings. The molecule has 3 aromatic carbocycles. The number of allylic oxidation sites excluding steroid dienone is 2. The maximum Gasteiger partial charge on any atom is 0.343 e. The molecule has 5 heteroatoms. The second-order valence-corrected chi connectivity index (χ2v) is 10.5. The van der Waals surface area contributed by atoms with E-state index in [0.29, 0.717) is 18.6 Å². The van der Waals surface area contributed by atoms with Gasteiger partial charge in [0.05, 0.1) is 18.4 Å². The van der Waals surface area contributed by atoms with Gasteiger partial charge in [-0.05, 0) is 62.1 Å². The van der Waals surface area contributed by atoms with Crippen molar-refractivity contribution in [1.82, 2.24) is 0 Å². The lowest BCUT2D eigenvalue weighted by Gasteiger charge is -2.37. The summed E-state index contributed by atoms with van der Waals surface area (Å²) in [5, 5.41) is 0. The van der Waals surface area contributed by atoms with Crippen molar-refractivity contribution in [1.29, 1.82) is 0 Å². The highest BCUT2D eigenvalue weighted by Gasteiger charge is 2.53. The number of esters is 1. The van der Waals surface area contributed by atoms with E-state index in [0.717, 1.165) is 22.3 Å². The standard InChI is InChI=1S/C34H32O5/c1-22-17-23(2)19-25(18-22)29(14-16-38-33(37)30-12-8-7-11-28(30)24(3)35)31-21-39-34(26-9-5-4-6-10-26)15-13-27(36)20-32(31)34/h4-19,29,31-32H,20-21H2,1-3H3/b16-14-. The van der Waals surface area contributed by atoms with E-state index in [-0.39, 0.29) is 34.9 Å². The SMILES string of the molecule is CC(=O)c1ccccc1C(=O)O/C=C\C(c1cc(C)cc(C)c1)C1COC2(c3ccccc3)C=CC(=O)CC12. The summed E-state index contributed by atoms with van der Waals surface area (Å²) in [7, 11) is 0. The van der Waals surface area contributed by atoms with Crippen molar-refractivity contribution in [3.8, 4) is 0 Å². The Labute approximate surface area is 229 Å². The Morgan fingerprint density at radius 1 is 0.974 bits per heavy atom. The van der Waals surface area contributed by atoms with Gasteiger partial charge in [0.1, 0.15) is 5.60 Å². The normalized spacial score (nSPS) is 23.0. The number of aryl methyl sites for hydroxylation is 2. The Kier molecular flexibility index (Phi) is 7.45. The zero-order valence-electron chi connectivity index (χ0n) is 22.4. The minimum Gasteiger partial charge on any atom is -0.431 e. The van der Waals surface area contributed by atoms with Crippen LogP contribution in [0.4, 0.5) is 0 Å². The van der Waals surface area contributed by atoms with Gasteiger partial charge in [-0.2, -0.15) is 0 Å². The van der Waals surface area contributed by atoms with E-state index < -0.39 is 11.6 Å². The molecular formula is C34H32O5. The predicted octanol–water partition coefficient (Wildman–Crippen LogP) is 6.65. The van der Waals surface area contributed by atoms with Gasteiger partial charge in [-0.15, -0.1) is 0 Å². The summed E-state index contributed by atoms with van der Waals surface area (Å²) in [6.07, 6.45) is 7.24. The van der Waals surface area contributed by atoms with Crippen molar-refractivity contribution < 1.29 is 23.9 Å². The molecule has 0 amide bonds. The highest BCUT2D eigenvalue weighted by atomic mass is 16.5. The number of Topliss-reactive ketones (excluding diaryl/α,β-unsaturated/α-hetero) is 1. The largest absolute Gasteiger partial charge is 0.431 e. The molecule has 1 aliphatic carbocycles. The van der Waals surface area contributed by atoms with Crippen LogP contribution < -0.4 is 0 Å². The Balaban J connectivity index is 1.51. The first-order valence-electron chi connectivity index (χ1n) is 13.3. The summed E-state index contributed by atoms with van der Waals surface area (Å²) in [5.41, 5.74) is 4.22. The Morgan fingerprint density at radius 2 is 1.64 bits per heavy atom. The average Bonchev–Trinajstić information content (AvgIpc) is 3.30. The molecule has 0 spiro atoms. The highest BCUT2D eigenvalue weighted by molar-refractivity contribution is 6.05. The minimum atomic E-state index is -0.693. The highest BCUT2D eigenvalue weighted by Crippen LogP contribution is 2.53. The first kappa shape index (κ1) is 26.5. The third-order valence-corrected chi connectivity index (χ3v) is 7.82. The summed E-state index contributed by atoms with van der Waals surface area (Å²) in [6, 6.07) is 23.1. The van der Waals surface area contributed by atoms with E-state index >= 15 is 0 Å². The third kappa shape index (κ3) is 5.27. The van der Waals surface area contributed by atoms with E-state index in [1.807, 2.05) is 42.5 Å². The summed E-state index contributed by atoms with van der Waals surface area (Å²) in [6.45, 7) is 5.99. The second kappa shape index (κ2) is 11.0. The minimum absolute atomic E-state index is 0.0419. The first-order valence-corrected chi connectivity index (χ1v) is 13.3. The Hall–Kier alpha value is -4.09. The van der Waals surface area contributed by atoms with Crippen LogP contribution in [0.1, 0.15) is 62.2 Å². The number of hydrogen-bond donors (Lipinski definition) is 0. The van der Waals surface area contributed by atoms with Crippen molar-refractivity contribution >= 4 is 17.5 Å². The van der Waals surface area contributed by atoms with Crippen molar-refractivity contribution in [2.45, 2.75) is 38.7 Å². The van der Waals surface area contributed by atoms with Crippen LogP contribution in [0.15, 0.2) is 97.3 Å². The fourth-order valence-corrected chi connectivity index (χ4v) is 6.12. The molecule has 1 heterocycles. The van der Waals surface area contributed by atoms with Crippen LogP contribution in [0.25, 0.3) is 0 Å². The van der Waals surface area contributed by atoms with Gasteiger partial charge in [-0.25, -0.2) is 4.79 Å². The van der Waals surface area contributed by atoms with Gasteiger partial charge in [0, 0.05) is 23.8 Å². The molecule has 4 unspecified atom stereocenters. The number of rotatable bonds is 7. The van der Waals surface area contributed by atoms with Crippen LogP contribution in [0, 0.1) is 25.7 Å². The number of fused-ring (bicyclic) bond motifs is 1. The van der Waals surface area contributed by atoms with Gasteiger partial charge < -0.3 is 9.47 Å². The molecule has 0 saturated carbocycles. The molecule has 2 aliphatic rings. The molecular weight excluding hydrogens is 488 g/mol. The maximum absolute atomic E-state index is 12.9. The van der Waals surface area contributed by atoms with Gasteiger partial charge in [-0.3, -0.25) is 9.59 Å². The van der Waals surface area contributed by atoms with E-state index in [9.17, 15) is 14.4 Å². The lowest BCUT2D eigenvalue weighted by molar-refractivity contribution is -0.118. The lowest BCUT2D eigenvalue weighted by atomic mass is 9.67. The molecule has 0 bridgehead atoms. The quantitative estimate of drug-likeness (QED) is 0.198. The van der Waals surface area contributed by atoms with Crippen LogP contribution in [-0.4, -0.2) is 24.1 Å². The molecule has 0 N–H and O–H groups in total.